The number of rotatable bonds is 3. The van der Waals surface area contributed by atoms with Crippen molar-refractivity contribution < 1.29 is 4.74 Å². The first-order valence-electron chi connectivity index (χ1n) is 6.74. The van der Waals surface area contributed by atoms with Crippen molar-refractivity contribution in [2.75, 3.05) is 12.3 Å². The molecule has 2 heteroatoms. The minimum absolute atomic E-state index is 0.737. The molecule has 2 aromatic carbocycles. The van der Waals surface area contributed by atoms with Crippen LogP contribution in [-0.2, 0) is 0 Å². The molecule has 0 saturated heterocycles. The molecule has 0 bridgehead atoms. The highest BCUT2D eigenvalue weighted by molar-refractivity contribution is 5.96. The third kappa shape index (κ3) is 2.15. The van der Waals surface area contributed by atoms with Gasteiger partial charge in [0, 0.05) is 16.5 Å². The molecule has 0 aliphatic heterocycles. The van der Waals surface area contributed by atoms with Crippen molar-refractivity contribution in [1.82, 2.24) is 0 Å². The molecule has 0 spiro atoms. The number of anilines is 1. The summed E-state index contributed by atoms with van der Waals surface area (Å²) in [6, 6.07) is 12.1. The summed E-state index contributed by atoms with van der Waals surface area (Å²) in [5.41, 5.74) is 6.81. The summed E-state index contributed by atoms with van der Waals surface area (Å²) >= 11 is 0. The van der Waals surface area contributed by atoms with Crippen molar-refractivity contribution in [3.05, 3.63) is 36.4 Å². The summed E-state index contributed by atoms with van der Waals surface area (Å²) in [5.74, 6) is 1.70. The molecule has 0 amide bonds. The molecule has 0 atom stereocenters. The Bertz CT molecular complexity index is 544. The van der Waals surface area contributed by atoms with Gasteiger partial charge in [-0.2, -0.15) is 0 Å². The molecule has 0 radical (unpaired) electrons. The standard InChI is InChI=1S/C16H19NO/c17-15-9-10-16(14-8-4-3-7-13(14)15)18-11-12-5-1-2-6-12/h3-4,7-10,12H,1-2,5-6,11,17H2. The van der Waals surface area contributed by atoms with E-state index in [1.807, 2.05) is 30.3 Å². The molecule has 1 fully saturated rings. The molecule has 2 N–H and O–H groups in total. The fourth-order valence-corrected chi connectivity index (χ4v) is 2.81. The molecule has 18 heavy (non-hydrogen) atoms. The van der Waals surface area contributed by atoms with Crippen molar-refractivity contribution in [2.24, 2.45) is 5.92 Å². The lowest BCUT2D eigenvalue weighted by molar-refractivity contribution is 0.255. The Kier molecular flexibility index (Phi) is 3.09. The summed E-state index contributed by atoms with van der Waals surface area (Å²) < 4.78 is 6.00. The maximum atomic E-state index is 6.00. The predicted molar refractivity (Wildman–Crippen MR) is 75.8 cm³/mol. The van der Waals surface area contributed by atoms with Gasteiger partial charge in [0.05, 0.1) is 6.61 Å². The van der Waals surface area contributed by atoms with Gasteiger partial charge in [-0.25, -0.2) is 0 Å². The lowest BCUT2D eigenvalue weighted by Gasteiger charge is -2.14. The molecular formula is C16H19NO. The van der Waals surface area contributed by atoms with Gasteiger partial charge in [0.2, 0.25) is 0 Å². The van der Waals surface area contributed by atoms with Crippen LogP contribution in [0.3, 0.4) is 0 Å². The average Bonchev–Trinajstić information content (AvgIpc) is 2.92. The van der Waals surface area contributed by atoms with E-state index < -0.39 is 0 Å². The Morgan fingerprint density at radius 1 is 1.00 bits per heavy atom. The summed E-state index contributed by atoms with van der Waals surface area (Å²) in [4.78, 5) is 0. The number of nitrogen functional groups attached to an aromatic ring is 1. The van der Waals surface area contributed by atoms with Gasteiger partial charge in [-0.05, 0) is 30.9 Å². The Morgan fingerprint density at radius 2 is 1.72 bits per heavy atom. The van der Waals surface area contributed by atoms with Crippen LogP contribution in [0.15, 0.2) is 36.4 Å². The molecule has 1 saturated carbocycles. The Morgan fingerprint density at radius 3 is 2.50 bits per heavy atom. The van der Waals surface area contributed by atoms with E-state index in [1.165, 1.54) is 25.7 Å². The second-order valence-electron chi connectivity index (χ2n) is 5.16. The highest BCUT2D eigenvalue weighted by Gasteiger charge is 2.16. The summed E-state index contributed by atoms with van der Waals surface area (Å²) in [6.07, 6.45) is 5.34. The highest BCUT2D eigenvalue weighted by atomic mass is 16.5. The smallest absolute Gasteiger partial charge is 0.127 e. The third-order valence-electron chi connectivity index (χ3n) is 3.87. The zero-order valence-corrected chi connectivity index (χ0v) is 10.6. The van der Waals surface area contributed by atoms with Crippen LogP contribution in [0.25, 0.3) is 10.8 Å². The van der Waals surface area contributed by atoms with Crippen molar-refractivity contribution in [2.45, 2.75) is 25.7 Å². The van der Waals surface area contributed by atoms with Crippen LogP contribution in [0.5, 0.6) is 5.75 Å². The molecule has 0 aromatic heterocycles. The zero-order chi connectivity index (χ0) is 12.4. The van der Waals surface area contributed by atoms with Crippen molar-refractivity contribution in [1.29, 1.82) is 0 Å². The van der Waals surface area contributed by atoms with Crippen LogP contribution < -0.4 is 10.5 Å². The van der Waals surface area contributed by atoms with E-state index >= 15 is 0 Å². The van der Waals surface area contributed by atoms with Crippen molar-refractivity contribution in [3.8, 4) is 5.75 Å². The van der Waals surface area contributed by atoms with Gasteiger partial charge in [-0.15, -0.1) is 0 Å². The minimum atomic E-state index is 0.737. The second-order valence-corrected chi connectivity index (χ2v) is 5.16. The molecule has 1 aliphatic rings. The third-order valence-corrected chi connectivity index (χ3v) is 3.87. The van der Waals surface area contributed by atoms with E-state index in [0.717, 1.165) is 34.7 Å². The number of nitrogens with two attached hydrogens (primary N) is 1. The number of fused-ring (bicyclic) bond motifs is 1. The van der Waals surface area contributed by atoms with Crippen molar-refractivity contribution >= 4 is 16.5 Å². The van der Waals surface area contributed by atoms with Gasteiger partial charge >= 0.3 is 0 Å². The largest absolute Gasteiger partial charge is 0.493 e. The van der Waals surface area contributed by atoms with E-state index in [9.17, 15) is 0 Å². The highest BCUT2D eigenvalue weighted by Crippen LogP contribution is 2.31. The van der Waals surface area contributed by atoms with E-state index in [2.05, 4.69) is 6.07 Å². The van der Waals surface area contributed by atoms with Crippen LogP contribution in [-0.4, -0.2) is 6.61 Å². The molecular weight excluding hydrogens is 222 g/mol. The number of hydrogen-bond acceptors (Lipinski definition) is 2. The molecule has 3 rings (SSSR count). The van der Waals surface area contributed by atoms with Gasteiger partial charge in [-0.3, -0.25) is 0 Å². The summed E-state index contributed by atoms with van der Waals surface area (Å²) in [5, 5.41) is 2.21. The summed E-state index contributed by atoms with van der Waals surface area (Å²) in [6.45, 7) is 0.841. The van der Waals surface area contributed by atoms with Crippen LogP contribution in [0.4, 0.5) is 5.69 Å². The number of benzene rings is 2. The van der Waals surface area contributed by atoms with Gasteiger partial charge < -0.3 is 10.5 Å². The van der Waals surface area contributed by atoms with E-state index in [1.54, 1.807) is 0 Å². The Labute approximate surface area is 108 Å². The van der Waals surface area contributed by atoms with E-state index in [0.29, 0.717) is 0 Å². The lowest BCUT2D eigenvalue weighted by Crippen LogP contribution is -2.08. The second kappa shape index (κ2) is 4.89. The molecule has 94 valence electrons. The van der Waals surface area contributed by atoms with E-state index in [4.69, 9.17) is 10.5 Å². The van der Waals surface area contributed by atoms with Crippen LogP contribution in [0.1, 0.15) is 25.7 Å². The molecule has 0 heterocycles. The van der Waals surface area contributed by atoms with Crippen LogP contribution in [0.2, 0.25) is 0 Å². The van der Waals surface area contributed by atoms with Crippen LogP contribution in [0, 0.1) is 5.92 Å². The first-order chi connectivity index (χ1) is 8.84. The van der Waals surface area contributed by atoms with Gasteiger partial charge in [0.1, 0.15) is 5.75 Å². The Balaban J connectivity index is 1.85. The predicted octanol–water partition coefficient (Wildman–Crippen LogP) is 3.99. The molecule has 2 aromatic rings. The lowest BCUT2D eigenvalue weighted by atomic mass is 10.1. The monoisotopic (exact) mass is 241 g/mol. The first-order valence-corrected chi connectivity index (χ1v) is 6.74. The summed E-state index contributed by atoms with van der Waals surface area (Å²) in [7, 11) is 0. The fourth-order valence-electron chi connectivity index (χ4n) is 2.81. The SMILES string of the molecule is Nc1ccc(OCC2CCCC2)c2ccccc12. The quantitative estimate of drug-likeness (QED) is 0.825. The number of ether oxygens (including phenoxy) is 1. The zero-order valence-electron chi connectivity index (χ0n) is 10.6. The molecule has 2 nitrogen and oxygen atoms in total. The maximum Gasteiger partial charge on any atom is 0.127 e. The maximum absolute atomic E-state index is 6.00. The van der Waals surface area contributed by atoms with Crippen LogP contribution >= 0.6 is 0 Å². The average molecular weight is 241 g/mol. The Hall–Kier alpha value is -1.70. The van der Waals surface area contributed by atoms with Gasteiger partial charge in [0.25, 0.3) is 0 Å². The van der Waals surface area contributed by atoms with Crippen molar-refractivity contribution in [3.63, 3.8) is 0 Å². The molecule has 1 aliphatic carbocycles. The van der Waals surface area contributed by atoms with Gasteiger partial charge in [-0.1, -0.05) is 37.1 Å². The fraction of sp³-hybridized carbons (Fsp3) is 0.375. The minimum Gasteiger partial charge on any atom is -0.493 e. The topological polar surface area (TPSA) is 35.2 Å². The van der Waals surface area contributed by atoms with E-state index in [-0.39, 0.29) is 0 Å². The molecule has 0 unspecified atom stereocenters. The normalized spacial score (nSPS) is 16.2. The number of hydrogen-bond donors (Lipinski definition) is 1. The van der Waals surface area contributed by atoms with Gasteiger partial charge in [0.15, 0.2) is 0 Å². The first kappa shape index (κ1) is 11.4.